The average Bonchev–Trinajstić information content (AvgIpc) is 3.55. The minimum Gasteiger partial charge on any atom is -0.264 e. The van der Waals surface area contributed by atoms with E-state index in [1.807, 2.05) is 48.7 Å². The molecule has 5 aromatic carbocycles. The van der Waals surface area contributed by atoms with Crippen LogP contribution < -0.4 is 0 Å². The molecular formula is C41H25N5S. The molecule has 0 unspecified atom stereocenters. The second kappa shape index (κ2) is 11.4. The molecule has 0 saturated carbocycles. The van der Waals surface area contributed by atoms with Crippen molar-refractivity contribution in [2.45, 2.75) is 0 Å². The molecule has 0 amide bonds. The van der Waals surface area contributed by atoms with E-state index in [4.69, 9.17) is 19.9 Å². The van der Waals surface area contributed by atoms with Crippen molar-refractivity contribution in [3.63, 3.8) is 0 Å². The summed E-state index contributed by atoms with van der Waals surface area (Å²) in [4.78, 5) is 24.4. The maximum Gasteiger partial charge on any atom is 0.164 e. The van der Waals surface area contributed by atoms with E-state index in [2.05, 4.69) is 102 Å². The highest BCUT2D eigenvalue weighted by Crippen LogP contribution is 2.42. The van der Waals surface area contributed by atoms with Crippen molar-refractivity contribution < 1.29 is 0 Å². The lowest BCUT2D eigenvalue weighted by Gasteiger charge is -2.10. The van der Waals surface area contributed by atoms with Gasteiger partial charge in [-0.05, 0) is 23.3 Å². The Bertz CT molecular complexity index is 2540. The molecule has 6 heteroatoms. The number of nitrogens with zero attached hydrogens (tertiary/aromatic N) is 5. The first-order chi connectivity index (χ1) is 23.3. The standard InChI is InChI=1S/C41H25N5S/c1-3-9-26(10-4-1)27-15-19-30(20-16-27)40-44-39(29-11-5-2-6-12-29)45-41(46-40)31-21-17-28(18-22-31)37-38-36(32-13-7-8-14-35(32)47-38)33-25-42-24-23-34(33)43-37/h1-25H. The minimum absolute atomic E-state index is 0.622. The van der Waals surface area contributed by atoms with Gasteiger partial charge in [-0.2, -0.15) is 0 Å². The van der Waals surface area contributed by atoms with Crippen LogP contribution in [0.15, 0.2) is 152 Å². The van der Waals surface area contributed by atoms with Gasteiger partial charge in [0.1, 0.15) is 0 Å². The van der Waals surface area contributed by atoms with Gasteiger partial charge in [-0.3, -0.25) is 4.98 Å². The van der Waals surface area contributed by atoms with Gasteiger partial charge in [0.05, 0.1) is 15.9 Å². The van der Waals surface area contributed by atoms with Gasteiger partial charge in [0.15, 0.2) is 17.5 Å². The van der Waals surface area contributed by atoms with E-state index in [1.165, 1.54) is 21.0 Å². The van der Waals surface area contributed by atoms with Gasteiger partial charge in [0, 0.05) is 55.5 Å². The fraction of sp³-hybridized carbons (Fsp3) is 0. The maximum atomic E-state index is 5.14. The topological polar surface area (TPSA) is 64.5 Å². The number of rotatable bonds is 5. The van der Waals surface area contributed by atoms with Crippen LogP contribution in [0.25, 0.3) is 87.6 Å². The van der Waals surface area contributed by atoms with Crippen molar-refractivity contribution in [2.75, 3.05) is 0 Å². The summed E-state index contributed by atoms with van der Waals surface area (Å²) in [6.07, 6.45) is 3.73. The number of pyridine rings is 2. The number of fused-ring (bicyclic) bond motifs is 5. The van der Waals surface area contributed by atoms with E-state index in [9.17, 15) is 0 Å². The summed E-state index contributed by atoms with van der Waals surface area (Å²) in [5.41, 5.74) is 8.04. The molecule has 5 nitrogen and oxygen atoms in total. The molecule has 0 aliphatic rings. The zero-order chi connectivity index (χ0) is 31.2. The summed E-state index contributed by atoms with van der Waals surface area (Å²) < 4.78 is 2.40. The van der Waals surface area contributed by atoms with Crippen LogP contribution in [-0.4, -0.2) is 24.9 Å². The Labute approximate surface area is 275 Å². The van der Waals surface area contributed by atoms with Crippen LogP contribution in [-0.2, 0) is 0 Å². The van der Waals surface area contributed by atoms with Crippen molar-refractivity contribution in [3.8, 4) is 56.5 Å². The first-order valence-corrected chi connectivity index (χ1v) is 16.2. The third-order valence-electron chi connectivity index (χ3n) is 8.44. The second-order valence-corrected chi connectivity index (χ2v) is 12.4. The predicted molar refractivity (Wildman–Crippen MR) is 193 cm³/mol. The molecule has 0 fully saturated rings. The average molecular weight is 620 g/mol. The monoisotopic (exact) mass is 619 g/mol. The van der Waals surface area contributed by atoms with Gasteiger partial charge in [0.2, 0.25) is 0 Å². The van der Waals surface area contributed by atoms with Crippen LogP contribution >= 0.6 is 11.3 Å². The second-order valence-electron chi connectivity index (χ2n) is 11.3. The van der Waals surface area contributed by atoms with Crippen LogP contribution in [0.2, 0.25) is 0 Å². The summed E-state index contributed by atoms with van der Waals surface area (Å²) in [5.74, 6) is 1.89. The van der Waals surface area contributed by atoms with Gasteiger partial charge in [-0.15, -0.1) is 11.3 Å². The molecule has 0 saturated heterocycles. The van der Waals surface area contributed by atoms with E-state index in [0.29, 0.717) is 17.5 Å². The van der Waals surface area contributed by atoms with E-state index in [1.54, 1.807) is 17.5 Å². The Hall–Kier alpha value is -6.11. The number of hydrogen-bond acceptors (Lipinski definition) is 6. The zero-order valence-electron chi connectivity index (χ0n) is 25.1. The highest BCUT2D eigenvalue weighted by Gasteiger charge is 2.17. The largest absolute Gasteiger partial charge is 0.264 e. The lowest BCUT2D eigenvalue weighted by Crippen LogP contribution is -2.00. The van der Waals surface area contributed by atoms with Crippen LogP contribution in [0.4, 0.5) is 0 Å². The van der Waals surface area contributed by atoms with E-state index >= 15 is 0 Å². The summed E-state index contributed by atoms with van der Waals surface area (Å²) >= 11 is 1.77. The Morgan fingerprint density at radius 1 is 0.404 bits per heavy atom. The number of thiophene rings is 1. The molecule has 0 bridgehead atoms. The molecule has 4 heterocycles. The molecular weight excluding hydrogens is 595 g/mol. The molecule has 0 radical (unpaired) electrons. The SMILES string of the molecule is c1ccc(-c2ccc(-c3nc(-c4ccccc4)nc(-c4ccc(-c5nc6ccncc6c6c5sc5ccccc56)cc4)n3)cc2)cc1. The predicted octanol–water partition coefficient (Wildman–Crippen LogP) is 10.5. The normalized spacial score (nSPS) is 11.4. The molecule has 0 N–H and O–H groups in total. The summed E-state index contributed by atoms with van der Waals surface area (Å²) in [6.45, 7) is 0. The van der Waals surface area contributed by atoms with E-state index in [-0.39, 0.29) is 0 Å². The highest BCUT2D eigenvalue weighted by molar-refractivity contribution is 7.26. The third kappa shape index (κ3) is 4.92. The smallest absolute Gasteiger partial charge is 0.164 e. The Kier molecular flexibility index (Phi) is 6.58. The number of hydrogen-bond donors (Lipinski definition) is 0. The van der Waals surface area contributed by atoms with Crippen molar-refractivity contribution in [3.05, 3.63) is 152 Å². The molecule has 0 aliphatic carbocycles. The molecule has 0 spiro atoms. The van der Waals surface area contributed by atoms with Gasteiger partial charge in [-0.25, -0.2) is 19.9 Å². The molecule has 0 atom stereocenters. The lowest BCUT2D eigenvalue weighted by molar-refractivity contribution is 1.07. The van der Waals surface area contributed by atoms with Gasteiger partial charge in [0.25, 0.3) is 0 Å². The summed E-state index contributed by atoms with van der Waals surface area (Å²) in [5, 5.41) is 3.51. The van der Waals surface area contributed by atoms with Crippen LogP contribution in [0.1, 0.15) is 0 Å². The molecule has 220 valence electrons. The first kappa shape index (κ1) is 27.2. The fourth-order valence-corrected chi connectivity index (χ4v) is 7.32. The third-order valence-corrected chi connectivity index (χ3v) is 9.62. The van der Waals surface area contributed by atoms with Crippen LogP contribution in [0.3, 0.4) is 0 Å². The van der Waals surface area contributed by atoms with Crippen LogP contribution in [0, 0.1) is 0 Å². The highest BCUT2D eigenvalue weighted by atomic mass is 32.1. The van der Waals surface area contributed by atoms with Crippen molar-refractivity contribution >= 4 is 42.4 Å². The molecule has 0 aliphatic heterocycles. The van der Waals surface area contributed by atoms with Gasteiger partial charge < -0.3 is 0 Å². The lowest BCUT2D eigenvalue weighted by atomic mass is 10.0. The molecule has 47 heavy (non-hydrogen) atoms. The van der Waals surface area contributed by atoms with E-state index in [0.717, 1.165) is 49.1 Å². The zero-order valence-corrected chi connectivity index (χ0v) is 25.9. The van der Waals surface area contributed by atoms with Crippen molar-refractivity contribution in [1.29, 1.82) is 0 Å². The van der Waals surface area contributed by atoms with Crippen molar-refractivity contribution in [2.24, 2.45) is 0 Å². The maximum absolute atomic E-state index is 5.14. The Morgan fingerprint density at radius 2 is 0.915 bits per heavy atom. The number of benzene rings is 5. The molecule has 9 rings (SSSR count). The Balaban J connectivity index is 1.15. The summed E-state index contributed by atoms with van der Waals surface area (Å²) in [7, 11) is 0. The number of aromatic nitrogens is 5. The van der Waals surface area contributed by atoms with Crippen LogP contribution in [0.5, 0.6) is 0 Å². The fourth-order valence-electron chi connectivity index (χ4n) is 6.09. The molecule has 9 aromatic rings. The van der Waals surface area contributed by atoms with Gasteiger partial charge in [-0.1, -0.05) is 127 Å². The first-order valence-electron chi connectivity index (χ1n) is 15.4. The van der Waals surface area contributed by atoms with E-state index < -0.39 is 0 Å². The Morgan fingerprint density at radius 3 is 1.57 bits per heavy atom. The summed E-state index contributed by atoms with van der Waals surface area (Å²) in [6, 6.07) is 47.8. The minimum atomic E-state index is 0.622. The van der Waals surface area contributed by atoms with Gasteiger partial charge >= 0.3 is 0 Å². The van der Waals surface area contributed by atoms with Crippen molar-refractivity contribution in [1.82, 2.24) is 24.9 Å². The molecule has 4 aromatic heterocycles. The quantitative estimate of drug-likeness (QED) is 0.192.